The Morgan fingerprint density at radius 3 is 0.684 bits per heavy atom. The van der Waals surface area contributed by atoms with E-state index < -0.39 is 0 Å². The van der Waals surface area contributed by atoms with Gasteiger partial charge in [-0.3, -0.25) is 0 Å². The van der Waals surface area contributed by atoms with E-state index in [-0.39, 0.29) is 25.8 Å². The molecule has 106 valence electrons. The standard InChI is InChI=1S/2C5H5.2C4H9.Hf/c2*1-2-4-5-3-1;2*1-3-4-2;/h2*1-5H;2*1,3-4H2,2H3;/q;;2*-1;. The normalized spacial score (nSPS) is 15.8. The molecule has 0 spiro atoms. The van der Waals surface area contributed by atoms with Gasteiger partial charge in [-0.1, -0.05) is 26.7 Å². The van der Waals surface area contributed by atoms with Crippen LogP contribution in [0.5, 0.6) is 0 Å². The molecule has 0 aliphatic heterocycles. The molecule has 0 unspecified atom stereocenters. The summed E-state index contributed by atoms with van der Waals surface area (Å²) in [5.41, 5.74) is 0. The molecule has 0 bridgehead atoms. The number of rotatable bonds is 2. The smallest absolute Gasteiger partial charge is 0 e. The molecule has 2 fully saturated rings. The molecule has 2 rings (SSSR count). The summed E-state index contributed by atoms with van der Waals surface area (Å²) in [5, 5.41) is 0. The molecule has 2 aliphatic rings. The van der Waals surface area contributed by atoms with Gasteiger partial charge in [-0.05, 0) is 64.2 Å². The van der Waals surface area contributed by atoms with Crippen LogP contribution >= 0.6 is 0 Å². The Labute approximate surface area is 143 Å². The van der Waals surface area contributed by atoms with Gasteiger partial charge in [0.2, 0.25) is 0 Å². The zero-order valence-corrected chi connectivity index (χ0v) is 16.1. The molecular formula is C18H28Hf-2. The molecular weight excluding hydrogens is 395 g/mol. The van der Waals surface area contributed by atoms with Crippen LogP contribution in [0.2, 0.25) is 0 Å². The second kappa shape index (κ2) is 27.3. The summed E-state index contributed by atoms with van der Waals surface area (Å²) in [6.45, 7) is 11.4. The van der Waals surface area contributed by atoms with Crippen molar-refractivity contribution in [3.8, 4) is 0 Å². The topological polar surface area (TPSA) is 0 Å². The van der Waals surface area contributed by atoms with Crippen molar-refractivity contribution in [2.24, 2.45) is 0 Å². The molecule has 0 aromatic rings. The molecule has 2 saturated carbocycles. The summed E-state index contributed by atoms with van der Waals surface area (Å²) in [4.78, 5) is 0. The number of hydrogen-bond donors (Lipinski definition) is 0. The van der Waals surface area contributed by atoms with Crippen molar-refractivity contribution in [3.05, 3.63) is 78.1 Å². The SMILES string of the molecule is [CH2-]CCC.[CH2-]CCC.[CH]1[CH][CH][CH][CH]1.[CH]1[CH][CH][CH][CH]1.[Hf]. The van der Waals surface area contributed by atoms with Crippen molar-refractivity contribution in [2.45, 2.75) is 39.5 Å². The Balaban J connectivity index is -0.000000178. The summed E-state index contributed by atoms with van der Waals surface area (Å²) >= 11 is 0. The first-order chi connectivity index (χ1) is 8.83. The molecule has 0 amide bonds. The maximum atomic E-state index is 3.60. The molecule has 0 heterocycles. The maximum absolute atomic E-state index is 3.60. The molecule has 1 heteroatoms. The van der Waals surface area contributed by atoms with Gasteiger partial charge in [0.25, 0.3) is 0 Å². The summed E-state index contributed by atoms with van der Waals surface area (Å²) < 4.78 is 0. The van der Waals surface area contributed by atoms with Gasteiger partial charge in [-0.2, -0.15) is 12.8 Å². The van der Waals surface area contributed by atoms with Crippen LogP contribution in [0.3, 0.4) is 0 Å². The van der Waals surface area contributed by atoms with Crippen molar-refractivity contribution >= 4 is 0 Å². The minimum Gasteiger partial charge on any atom is -0.343 e. The first kappa shape index (κ1) is 24.9. The Morgan fingerprint density at radius 2 is 0.632 bits per heavy atom. The predicted molar refractivity (Wildman–Crippen MR) is 83.5 cm³/mol. The van der Waals surface area contributed by atoms with Crippen LogP contribution in [0.4, 0.5) is 0 Å². The minimum atomic E-state index is 0. The van der Waals surface area contributed by atoms with Gasteiger partial charge in [-0.15, -0.1) is 0 Å². The Kier molecular flexibility index (Phi) is 35.7. The van der Waals surface area contributed by atoms with Crippen LogP contribution in [-0.4, -0.2) is 0 Å². The van der Waals surface area contributed by atoms with E-state index in [1.807, 2.05) is 64.2 Å². The molecule has 10 radical (unpaired) electrons. The third-order valence-electron chi connectivity index (χ3n) is 1.82. The van der Waals surface area contributed by atoms with E-state index in [4.69, 9.17) is 0 Å². The quantitative estimate of drug-likeness (QED) is 0.419. The van der Waals surface area contributed by atoms with E-state index in [1.165, 1.54) is 12.8 Å². The van der Waals surface area contributed by atoms with Crippen LogP contribution in [0.15, 0.2) is 0 Å². The second-order valence-electron chi connectivity index (χ2n) is 3.63. The van der Waals surface area contributed by atoms with E-state index in [2.05, 4.69) is 27.7 Å². The van der Waals surface area contributed by atoms with Crippen LogP contribution in [0.1, 0.15) is 39.5 Å². The van der Waals surface area contributed by atoms with Crippen LogP contribution in [-0.2, 0) is 25.8 Å². The van der Waals surface area contributed by atoms with Gasteiger partial charge in [0.15, 0.2) is 0 Å². The van der Waals surface area contributed by atoms with Crippen molar-refractivity contribution in [2.75, 3.05) is 0 Å². The molecule has 2 aliphatic carbocycles. The summed E-state index contributed by atoms with van der Waals surface area (Å²) in [6.07, 6.45) is 24.6. The van der Waals surface area contributed by atoms with Gasteiger partial charge in [0.05, 0.1) is 0 Å². The Hall–Kier alpha value is 0.870. The zero-order valence-electron chi connectivity index (χ0n) is 12.5. The van der Waals surface area contributed by atoms with E-state index in [0.29, 0.717) is 0 Å². The van der Waals surface area contributed by atoms with E-state index in [0.717, 1.165) is 12.8 Å². The summed E-state index contributed by atoms with van der Waals surface area (Å²) in [7, 11) is 0. The zero-order chi connectivity index (χ0) is 13.9. The van der Waals surface area contributed by atoms with Crippen molar-refractivity contribution in [1.29, 1.82) is 0 Å². The third kappa shape index (κ3) is 32.4. The number of hydrogen-bond acceptors (Lipinski definition) is 0. The minimum absolute atomic E-state index is 0. The third-order valence-corrected chi connectivity index (χ3v) is 1.82. The van der Waals surface area contributed by atoms with Crippen molar-refractivity contribution in [1.82, 2.24) is 0 Å². The average molecular weight is 423 g/mol. The molecule has 0 aromatic carbocycles. The van der Waals surface area contributed by atoms with Gasteiger partial charge in [0.1, 0.15) is 0 Å². The second-order valence-corrected chi connectivity index (χ2v) is 3.63. The maximum Gasteiger partial charge on any atom is 0 e. The first-order valence-electron chi connectivity index (χ1n) is 6.75. The van der Waals surface area contributed by atoms with E-state index in [1.54, 1.807) is 0 Å². The summed E-state index contributed by atoms with van der Waals surface area (Å²) in [6, 6.07) is 0. The fourth-order valence-electron chi connectivity index (χ4n) is 0.642. The van der Waals surface area contributed by atoms with Crippen LogP contribution < -0.4 is 0 Å². The number of unbranched alkanes of at least 4 members (excludes halogenated alkanes) is 2. The molecule has 0 aromatic heterocycles. The average Bonchev–Trinajstić information content (AvgIpc) is 3.14. The van der Waals surface area contributed by atoms with Crippen LogP contribution in [0.25, 0.3) is 0 Å². The monoisotopic (exact) mass is 424 g/mol. The van der Waals surface area contributed by atoms with E-state index >= 15 is 0 Å². The van der Waals surface area contributed by atoms with Crippen molar-refractivity contribution in [3.63, 3.8) is 0 Å². The first-order valence-corrected chi connectivity index (χ1v) is 6.75. The predicted octanol–water partition coefficient (Wildman–Crippen LogP) is 5.28. The molecule has 0 N–H and O–H groups in total. The largest absolute Gasteiger partial charge is 0.343 e. The van der Waals surface area contributed by atoms with Gasteiger partial charge < -0.3 is 13.8 Å². The van der Waals surface area contributed by atoms with Gasteiger partial charge >= 0.3 is 0 Å². The van der Waals surface area contributed by atoms with Gasteiger partial charge in [-0.25, -0.2) is 0 Å². The van der Waals surface area contributed by atoms with Crippen LogP contribution in [0, 0.1) is 78.1 Å². The molecule has 0 atom stereocenters. The van der Waals surface area contributed by atoms with Crippen molar-refractivity contribution < 1.29 is 25.8 Å². The fraction of sp³-hybridized carbons (Fsp3) is 0.333. The molecule has 0 saturated heterocycles. The molecule has 19 heavy (non-hydrogen) atoms. The Bertz CT molecular complexity index is 71.0. The van der Waals surface area contributed by atoms with E-state index in [9.17, 15) is 0 Å². The Morgan fingerprint density at radius 1 is 0.526 bits per heavy atom. The molecule has 0 nitrogen and oxygen atoms in total. The van der Waals surface area contributed by atoms with Gasteiger partial charge in [0, 0.05) is 25.8 Å². The fourth-order valence-corrected chi connectivity index (χ4v) is 0.642. The summed E-state index contributed by atoms with van der Waals surface area (Å²) in [5.74, 6) is 0.